The Hall–Kier alpha value is -4.01. The molecule has 4 rings (SSSR count). The second kappa shape index (κ2) is 6.71. The molecule has 0 aliphatic carbocycles. The minimum Gasteiger partial charge on any atom is -0.321 e. The van der Waals surface area contributed by atoms with Crippen molar-refractivity contribution in [2.75, 3.05) is 10.6 Å². The van der Waals surface area contributed by atoms with Crippen LogP contribution in [0, 0.1) is 0 Å². The van der Waals surface area contributed by atoms with Crippen LogP contribution in [-0.4, -0.2) is 36.2 Å². The van der Waals surface area contributed by atoms with E-state index in [1.807, 2.05) is 0 Å². The number of benzene rings is 1. The van der Waals surface area contributed by atoms with Gasteiger partial charge in [0.1, 0.15) is 0 Å². The van der Waals surface area contributed by atoms with Crippen LogP contribution in [0.5, 0.6) is 0 Å². The monoisotopic (exact) mass is 361 g/mol. The lowest BCUT2D eigenvalue weighted by molar-refractivity contribution is 0.101. The highest BCUT2D eigenvalue weighted by atomic mass is 16.2. The molecule has 0 saturated heterocycles. The van der Waals surface area contributed by atoms with Gasteiger partial charge in [0.25, 0.3) is 11.8 Å². The van der Waals surface area contributed by atoms with Crippen molar-refractivity contribution in [3.8, 4) is 0 Å². The van der Waals surface area contributed by atoms with E-state index in [1.54, 1.807) is 72.8 Å². The summed E-state index contributed by atoms with van der Waals surface area (Å²) in [6.07, 6.45) is 5.05. The Labute approximate surface area is 153 Å². The first-order chi connectivity index (χ1) is 13.1. The molecule has 2 amide bonds. The van der Waals surface area contributed by atoms with Crippen LogP contribution in [0.3, 0.4) is 0 Å². The molecule has 27 heavy (non-hydrogen) atoms. The Morgan fingerprint density at radius 1 is 0.889 bits per heavy atom. The van der Waals surface area contributed by atoms with Gasteiger partial charge in [-0.2, -0.15) is 10.2 Å². The lowest BCUT2D eigenvalue weighted by atomic mass is 10.2. The third-order valence-corrected chi connectivity index (χ3v) is 3.82. The molecule has 4 aromatic rings. The van der Waals surface area contributed by atoms with E-state index in [4.69, 9.17) is 0 Å². The molecule has 9 nitrogen and oxygen atoms in total. The standard InChI is InChI=1S/C18H15N7O2/c1-24-10-7-14(22-24)17(26)20-12-3-5-13(6-4-12)21-18(27)15-11-16-19-8-2-9-25(16)23-15/h2-11H,1H3,(H,20,26)(H,21,27). The molecule has 0 bridgehead atoms. The molecule has 1 aromatic carbocycles. The first kappa shape index (κ1) is 16.5. The molecule has 0 radical (unpaired) electrons. The van der Waals surface area contributed by atoms with Crippen LogP contribution in [0.25, 0.3) is 5.65 Å². The van der Waals surface area contributed by atoms with Gasteiger partial charge in [0.15, 0.2) is 17.0 Å². The number of anilines is 2. The summed E-state index contributed by atoms with van der Waals surface area (Å²) in [6.45, 7) is 0. The molecular weight excluding hydrogens is 346 g/mol. The van der Waals surface area contributed by atoms with Crippen LogP contribution < -0.4 is 10.6 Å². The van der Waals surface area contributed by atoms with Gasteiger partial charge < -0.3 is 10.6 Å². The third-order valence-electron chi connectivity index (χ3n) is 3.82. The number of nitrogens with zero attached hydrogens (tertiary/aromatic N) is 5. The van der Waals surface area contributed by atoms with Crippen molar-refractivity contribution in [3.05, 3.63) is 72.4 Å². The summed E-state index contributed by atoms with van der Waals surface area (Å²) in [5.41, 5.74) is 2.37. The maximum Gasteiger partial charge on any atom is 0.276 e. The molecule has 134 valence electrons. The molecule has 3 heterocycles. The summed E-state index contributed by atoms with van der Waals surface area (Å²) in [5.74, 6) is -0.643. The first-order valence-corrected chi connectivity index (χ1v) is 8.11. The SMILES string of the molecule is Cn1ccc(C(=O)Nc2ccc(NC(=O)c3cc4ncccn4n3)cc2)n1. The topological polar surface area (TPSA) is 106 Å². The number of amides is 2. The van der Waals surface area contributed by atoms with Gasteiger partial charge >= 0.3 is 0 Å². The number of aromatic nitrogens is 5. The number of carbonyl (C=O) groups excluding carboxylic acids is 2. The van der Waals surface area contributed by atoms with E-state index in [0.717, 1.165) is 0 Å². The lowest BCUT2D eigenvalue weighted by Crippen LogP contribution is -2.14. The van der Waals surface area contributed by atoms with E-state index in [2.05, 4.69) is 25.8 Å². The second-order valence-corrected chi connectivity index (χ2v) is 5.81. The van der Waals surface area contributed by atoms with Gasteiger partial charge in [-0.25, -0.2) is 9.50 Å². The molecule has 0 aliphatic heterocycles. The largest absolute Gasteiger partial charge is 0.321 e. The summed E-state index contributed by atoms with van der Waals surface area (Å²) in [4.78, 5) is 28.6. The maximum absolute atomic E-state index is 12.3. The highest BCUT2D eigenvalue weighted by Gasteiger charge is 2.12. The molecule has 9 heteroatoms. The summed E-state index contributed by atoms with van der Waals surface area (Å²) >= 11 is 0. The van der Waals surface area contributed by atoms with Crippen LogP contribution >= 0.6 is 0 Å². The number of hydrogen-bond acceptors (Lipinski definition) is 5. The van der Waals surface area contributed by atoms with Gasteiger partial charge in [-0.3, -0.25) is 14.3 Å². The Kier molecular flexibility index (Phi) is 4.09. The molecular formula is C18H15N7O2. The van der Waals surface area contributed by atoms with Crippen molar-refractivity contribution in [2.45, 2.75) is 0 Å². The smallest absolute Gasteiger partial charge is 0.276 e. The molecule has 0 atom stereocenters. The minimum atomic E-state index is -0.342. The fourth-order valence-corrected chi connectivity index (χ4v) is 2.50. The van der Waals surface area contributed by atoms with E-state index in [-0.39, 0.29) is 17.5 Å². The predicted octanol–water partition coefficient (Wildman–Crippen LogP) is 1.97. The summed E-state index contributed by atoms with van der Waals surface area (Å²) in [6, 6.07) is 11.8. The predicted molar refractivity (Wildman–Crippen MR) is 98.5 cm³/mol. The summed E-state index contributed by atoms with van der Waals surface area (Å²) in [7, 11) is 1.74. The first-order valence-electron chi connectivity index (χ1n) is 8.11. The number of nitrogens with one attached hydrogen (secondary N) is 2. The number of hydrogen-bond donors (Lipinski definition) is 2. The minimum absolute atomic E-state index is 0.265. The highest BCUT2D eigenvalue weighted by molar-refractivity contribution is 6.04. The van der Waals surface area contributed by atoms with E-state index < -0.39 is 0 Å². The Morgan fingerprint density at radius 2 is 1.56 bits per heavy atom. The highest BCUT2D eigenvalue weighted by Crippen LogP contribution is 2.15. The second-order valence-electron chi connectivity index (χ2n) is 5.81. The van der Waals surface area contributed by atoms with Gasteiger partial charge in [0.2, 0.25) is 0 Å². The Bertz CT molecular complexity index is 1100. The number of fused-ring (bicyclic) bond motifs is 1. The molecule has 2 N–H and O–H groups in total. The van der Waals surface area contributed by atoms with E-state index in [9.17, 15) is 9.59 Å². The average molecular weight is 361 g/mol. The lowest BCUT2D eigenvalue weighted by Gasteiger charge is -2.06. The zero-order valence-electron chi connectivity index (χ0n) is 14.3. The van der Waals surface area contributed by atoms with Crippen LogP contribution in [0.15, 0.2) is 61.1 Å². The molecule has 0 saturated carbocycles. The van der Waals surface area contributed by atoms with E-state index >= 15 is 0 Å². The van der Waals surface area contributed by atoms with Crippen LogP contribution in [0.2, 0.25) is 0 Å². The van der Waals surface area contributed by atoms with Crippen LogP contribution in [0.4, 0.5) is 11.4 Å². The van der Waals surface area contributed by atoms with Crippen molar-refractivity contribution in [1.29, 1.82) is 0 Å². The average Bonchev–Trinajstić information content (AvgIpc) is 3.29. The van der Waals surface area contributed by atoms with Gasteiger partial charge in [0, 0.05) is 43.1 Å². The number of aryl methyl sites for hydroxylation is 1. The van der Waals surface area contributed by atoms with Crippen LogP contribution in [-0.2, 0) is 7.05 Å². The Morgan fingerprint density at radius 3 is 2.15 bits per heavy atom. The quantitative estimate of drug-likeness (QED) is 0.578. The van der Waals surface area contributed by atoms with Crippen molar-refractivity contribution in [1.82, 2.24) is 24.4 Å². The third kappa shape index (κ3) is 3.52. The van der Waals surface area contributed by atoms with Crippen LogP contribution in [0.1, 0.15) is 21.0 Å². The number of carbonyl (C=O) groups is 2. The maximum atomic E-state index is 12.3. The van der Waals surface area contributed by atoms with E-state index in [1.165, 1.54) is 4.52 Å². The normalized spacial score (nSPS) is 10.7. The van der Waals surface area contributed by atoms with Gasteiger partial charge in [-0.05, 0) is 36.4 Å². The van der Waals surface area contributed by atoms with Crippen molar-refractivity contribution in [2.24, 2.45) is 7.05 Å². The zero-order valence-corrected chi connectivity index (χ0v) is 14.3. The molecule has 0 spiro atoms. The molecule has 0 fully saturated rings. The van der Waals surface area contributed by atoms with Crippen molar-refractivity contribution in [3.63, 3.8) is 0 Å². The fourth-order valence-electron chi connectivity index (χ4n) is 2.50. The van der Waals surface area contributed by atoms with Crippen molar-refractivity contribution >= 4 is 28.8 Å². The summed E-state index contributed by atoms with van der Waals surface area (Å²) in [5, 5.41) is 13.7. The van der Waals surface area contributed by atoms with Gasteiger partial charge in [0.05, 0.1) is 0 Å². The molecule has 3 aromatic heterocycles. The van der Waals surface area contributed by atoms with Gasteiger partial charge in [-0.15, -0.1) is 0 Å². The Balaban J connectivity index is 1.42. The molecule has 0 aliphatic rings. The fraction of sp³-hybridized carbons (Fsp3) is 0.0556. The number of rotatable bonds is 4. The van der Waals surface area contributed by atoms with E-state index in [0.29, 0.717) is 22.7 Å². The summed E-state index contributed by atoms with van der Waals surface area (Å²) < 4.78 is 3.09. The van der Waals surface area contributed by atoms with Gasteiger partial charge in [-0.1, -0.05) is 0 Å². The zero-order chi connectivity index (χ0) is 18.8. The van der Waals surface area contributed by atoms with Crippen molar-refractivity contribution < 1.29 is 9.59 Å². The molecule has 0 unspecified atom stereocenters.